The molecule has 0 bridgehead atoms. The number of anilines is 2. The van der Waals surface area contributed by atoms with Gasteiger partial charge in [0.15, 0.2) is 5.76 Å². The largest absolute Gasteiger partial charge is 0.483 e. The minimum absolute atomic E-state index is 0.0246. The monoisotopic (exact) mass is 453 g/mol. The van der Waals surface area contributed by atoms with Crippen molar-refractivity contribution in [3.63, 3.8) is 0 Å². The summed E-state index contributed by atoms with van der Waals surface area (Å²) in [5, 5.41) is 25.0. The molecule has 12 heteroatoms. The van der Waals surface area contributed by atoms with Gasteiger partial charge in [0.25, 0.3) is 5.91 Å². The summed E-state index contributed by atoms with van der Waals surface area (Å²) in [4.78, 5) is 27.4. The average molecular weight is 453 g/mol. The van der Waals surface area contributed by atoms with Crippen LogP contribution in [0.3, 0.4) is 0 Å². The maximum atomic E-state index is 12.8. The number of ether oxygens (including phenoxy) is 1. The van der Waals surface area contributed by atoms with Gasteiger partial charge in [0, 0.05) is 24.0 Å². The summed E-state index contributed by atoms with van der Waals surface area (Å²) < 4.78 is 12.4. The van der Waals surface area contributed by atoms with Gasteiger partial charge in [-0.3, -0.25) is 10.1 Å². The quantitative estimate of drug-likeness (QED) is 0.629. The van der Waals surface area contributed by atoms with Crippen molar-refractivity contribution in [2.24, 2.45) is 5.92 Å². The topological polar surface area (TPSA) is 139 Å². The molecule has 11 nitrogen and oxygen atoms in total. The van der Waals surface area contributed by atoms with Gasteiger partial charge >= 0.3 is 5.63 Å². The zero-order valence-corrected chi connectivity index (χ0v) is 18.0. The van der Waals surface area contributed by atoms with E-state index in [9.17, 15) is 14.9 Å². The Morgan fingerprint density at radius 3 is 3.03 bits per heavy atom. The van der Waals surface area contributed by atoms with Crippen LogP contribution >= 0.6 is 11.3 Å². The molecule has 5 rings (SSSR count). The van der Waals surface area contributed by atoms with Crippen molar-refractivity contribution in [2.75, 3.05) is 23.4 Å². The number of amides is 1. The Bertz CT molecular complexity index is 1270. The number of nitrogens with one attached hydrogen (secondary N) is 1. The molecule has 1 aliphatic carbocycles. The summed E-state index contributed by atoms with van der Waals surface area (Å²) in [5.74, 6) is -0.846. The number of hydrogen-bond acceptors (Lipinski definition) is 10. The molecule has 1 N–H and O–H groups in total. The molecule has 1 aliphatic heterocycles. The lowest BCUT2D eigenvalue weighted by Gasteiger charge is -2.36. The number of carbonyl (C=O) groups is 1. The Hall–Kier alpha value is -3.72. The highest BCUT2D eigenvalue weighted by atomic mass is 32.1. The van der Waals surface area contributed by atoms with Gasteiger partial charge in [-0.25, -0.2) is 9.48 Å². The van der Waals surface area contributed by atoms with Crippen molar-refractivity contribution in [3.05, 3.63) is 40.2 Å². The highest BCUT2D eigenvalue weighted by Gasteiger charge is 2.36. The van der Waals surface area contributed by atoms with Gasteiger partial charge in [-0.15, -0.1) is 10.2 Å². The number of rotatable bonds is 4. The maximum absolute atomic E-state index is 12.8. The van der Waals surface area contributed by atoms with Gasteiger partial charge in [0.1, 0.15) is 6.61 Å². The van der Waals surface area contributed by atoms with E-state index in [1.54, 1.807) is 10.9 Å². The predicted molar refractivity (Wildman–Crippen MR) is 114 cm³/mol. The van der Waals surface area contributed by atoms with Crippen molar-refractivity contribution in [1.82, 2.24) is 20.0 Å². The summed E-state index contributed by atoms with van der Waals surface area (Å²) in [7, 11) is 0. The third kappa shape index (κ3) is 3.50. The van der Waals surface area contributed by atoms with Crippen molar-refractivity contribution in [2.45, 2.75) is 32.2 Å². The van der Waals surface area contributed by atoms with E-state index in [1.165, 1.54) is 6.07 Å². The molecule has 0 spiro atoms. The lowest BCUT2D eigenvalue weighted by Crippen LogP contribution is -2.44. The van der Waals surface area contributed by atoms with E-state index in [4.69, 9.17) is 9.15 Å². The van der Waals surface area contributed by atoms with Crippen LogP contribution in [0, 0.1) is 24.2 Å². The molecule has 1 amide bonds. The van der Waals surface area contributed by atoms with E-state index in [1.807, 2.05) is 17.9 Å². The minimum atomic E-state index is -0.728. The van der Waals surface area contributed by atoms with Gasteiger partial charge < -0.3 is 14.1 Å². The van der Waals surface area contributed by atoms with Crippen LogP contribution in [0.2, 0.25) is 0 Å². The fraction of sp³-hybridized carbons (Fsp3) is 0.400. The first-order valence-electron chi connectivity index (χ1n) is 10.2. The smallest absolute Gasteiger partial charge is 0.381 e. The molecule has 4 heterocycles. The van der Waals surface area contributed by atoms with Crippen molar-refractivity contribution < 1.29 is 13.9 Å². The zero-order valence-electron chi connectivity index (χ0n) is 17.1. The number of fused-ring (bicyclic) bond motifs is 1. The molecule has 0 aromatic carbocycles. The zero-order chi connectivity index (χ0) is 22.2. The van der Waals surface area contributed by atoms with E-state index in [0.29, 0.717) is 24.0 Å². The summed E-state index contributed by atoms with van der Waals surface area (Å²) in [6, 6.07) is 5.66. The van der Waals surface area contributed by atoms with Gasteiger partial charge in [-0.1, -0.05) is 11.3 Å². The second-order valence-corrected chi connectivity index (χ2v) is 8.57. The number of aryl methyl sites for hydroxylation is 1. The van der Waals surface area contributed by atoms with Crippen LogP contribution in [0.1, 0.15) is 35.5 Å². The van der Waals surface area contributed by atoms with E-state index < -0.39 is 11.5 Å². The number of carbonyl (C=O) groups excluding carboxylic acids is 1. The number of aromatic nitrogens is 4. The molecule has 164 valence electrons. The van der Waals surface area contributed by atoms with Crippen LogP contribution in [0.15, 0.2) is 27.5 Å². The third-order valence-corrected chi connectivity index (χ3v) is 6.51. The predicted octanol–water partition coefficient (Wildman–Crippen LogP) is 2.13. The number of nitriles is 1. The Morgan fingerprint density at radius 2 is 2.25 bits per heavy atom. The standard InChI is InChI=1S/C20H19N7O4S/c1-11-5-6-22-27(11)20-25-24-19(32-20)23-17(28)15-9-14-16(18(29)31-15)30-8-7-26(14)13-4-2-3-12(13)10-21/h5-6,9,12-13H,2-4,7-8H2,1H3,(H,23,24,28)/t12-,13-/m1/s1. The van der Waals surface area contributed by atoms with Crippen LogP contribution in [-0.2, 0) is 0 Å². The van der Waals surface area contributed by atoms with Crippen molar-refractivity contribution in [1.29, 1.82) is 5.26 Å². The first kappa shape index (κ1) is 20.2. The summed E-state index contributed by atoms with van der Waals surface area (Å²) in [5.41, 5.74) is 0.631. The molecule has 32 heavy (non-hydrogen) atoms. The molecule has 0 saturated heterocycles. The van der Waals surface area contributed by atoms with Gasteiger partial charge in [0.2, 0.25) is 16.0 Å². The second kappa shape index (κ2) is 8.08. The van der Waals surface area contributed by atoms with Crippen LogP contribution in [0.4, 0.5) is 10.8 Å². The van der Waals surface area contributed by atoms with E-state index >= 15 is 0 Å². The number of hydrogen-bond donors (Lipinski definition) is 1. The Labute approximate surface area is 186 Å². The highest BCUT2D eigenvalue weighted by molar-refractivity contribution is 7.17. The molecule has 2 aliphatic rings. The van der Waals surface area contributed by atoms with E-state index in [-0.39, 0.29) is 28.6 Å². The molecule has 1 fully saturated rings. The summed E-state index contributed by atoms with van der Waals surface area (Å²) in [6.45, 7) is 2.73. The molecule has 1 saturated carbocycles. The SMILES string of the molecule is Cc1ccnn1-c1nnc(NC(=O)c2cc3c(c(=O)o2)OCCN3[C@@H]2CCC[C@@H]2C#N)s1. The lowest BCUT2D eigenvalue weighted by molar-refractivity contribution is 0.0990. The first-order valence-corrected chi connectivity index (χ1v) is 11.0. The Kier molecular flexibility index (Phi) is 5.10. The number of nitrogens with zero attached hydrogens (tertiary/aromatic N) is 6. The third-order valence-electron chi connectivity index (χ3n) is 5.69. The molecule has 3 aromatic heterocycles. The Balaban J connectivity index is 1.42. The molecule has 0 unspecified atom stereocenters. The van der Waals surface area contributed by atoms with Crippen LogP contribution in [-0.4, -0.2) is 45.1 Å². The van der Waals surface area contributed by atoms with E-state index in [2.05, 4.69) is 26.7 Å². The van der Waals surface area contributed by atoms with Crippen LogP contribution in [0.5, 0.6) is 5.75 Å². The molecule has 3 aromatic rings. The fourth-order valence-corrected chi connectivity index (χ4v) is 4.94. The molecular formula is C20H19N7O4S. The highest BCUT2D eigenvalue weighted by Crippen LogP contribution is 2.38. The first-order chi connectivity index (χ1) is 15.5. The van der Waals surface area contributed by atoms with Gasteiger partial charge in [0.05, 0.1) is 24.2 Å². The van der Waals surface area contributed by atoms with Crippen molar-refractivity contribution >= 4 is 28.1 Å². The van der Waals surface area contributed by atoms with Gasteiger partial charge in [-0.2, -0.15) is 10.4 Å². The second-order valence-electron chi connectivity index (χ2n) is 7.62. The summed E-state index contributed by atoms with van der Waals surface area (Å²) >= 11 is 1.14. The minimum Gasteiger partial charge on any atom is -0.483 e. The molecular weight excluding hydrogens is 434 g/mol. The van der Waals surface area contributed by atoms with Crippen LogP contribution < -0.4 is 20.6 Å². The lowest BCUT2D eigenvalue weighted by atomic mass is 10.0. The van der Waals surface area contributed by atoms with Crippen LogP contribution in [0.25, 0.3) is 5.13 Å². The summed E-state index contributed by atoms with van der Waals surface area (Å²) in [6.07, 6.45) is 4.25. The van der Waals surface area contributed by atoms with E-state index in [0.717, 1.165) is 36.3 Å². The van der Waals surface area contributed by atoms with Crippen molar-refractivity contribution in [3.8, 4) is 17.0 Å². The molecule has 0 radical (unpaired) electrons. The Morgan fingerprint density at radius 1 is 1.38 bits per heavy atom. The molecule has 2 atom stereocenters. The van der Waals surface area contributed by atoms with Gasteiger partial charge in [-0.05, 0) is 32.3 Å². The normalized spacial score (nSPS) is 19.8. The maximum Gasteiger partial charge on any atom is 0.381 e. The fourth-order valence-electron chi connectivity index (χ4n) is 4.18. The average Bonchev–Trinajstić information content (AvgIpc) is 3.54.